The molecule has 0 spiro atoms. The maximum atomic E-state index is 13.8. The molecule has 2 N–H and O–H groups in total. The van der Waals surface area contributed by atoms with Crippen LogP contribution >= 0.6 is 0 Å². The van der Waals surface area contributed by atoms with Crippen molar-refractivity contribution in [1.82, 2.24) is 4.57 Å². The first-order chi connectivity index (χ1) is 8.90. The molecule has 0 aliphatic rings. The predicted molar refractivity (Wildman–Crippen MR) is 69.3 cm³/mol. The van der Waals surface area contributed by atoms with Gasteiger partial charge < -0.3 is 10.3 Å². The van der Waals surface area contributed by atoms with Crippen LogP contribution in [0.15, 0.2) is 35.3 Å². The van der Waals surface area contributed by atoms with E-state index >= 15 is 0 Å². The van der Waals surface area contributed by atoms with Crippen LogP contribution in [0.2, 0.25) is 0 Å². The van der Waals surface area contributed by atoms with E-state index in [-0.39, 0.29) is 11.1 Å². The highest BCUT2D eigenvalue weighted by Gasteiger charge is 2.12. The van der Waals surface area contributed by atoms with Gasteiger partial charge in [0.15, 0.2) is 5.43 Å². The molecule has 1 unspecified atom stereocenters. The molecular weight excluding hydrogens is 250 g/mol. The Labute approximate surface area is 109 Å². The van der Waals surface area contributed by atoms with Gasteiger partial charge in [-0.2, -0.15) is 0 Å². The summed E-state index contributed by atoms with van der Waals surface area (Å²) in [6.45, 7) is 3.35. The number of hydrogen-bond donors (Lipinski definition) is 1. The molecule has 1 atom stereocenters. The van der Waals surface area contributed by atoms with Crippen LogP contribution in [0.4, 0.5) is 8.78 Å². The largest absolute Gasteiger partial charge is 0.324 e. The Morgan fingerprint density at radius 2 is 1.95 bits per heavy atom. The highest BCUT2D eigenvalue weighted by Crippen LogP contribution is 2.17. The zero-order chi connectivity index (χ0) is 14.2. The molecule has 1 heterocycles. The maximum absolute atomic E-state index is 13.8. The second-order valence-corrected chi connectivity index (χ2v) is 4.49. The molecule has 1 aromatic heterocycles. The van der Waals surface area contributed by atoms with Gasteiger partial charge in [0, 0.05) is 35.6 Å². The van der Waals surface area contributed by atoms with Crippen molar-refractivity contribution in [3.05, 3.63) is 63.6 Å². The Hall–Kier alpha value is -2.01. The minimum absolute atomic E-state index is 0.181. The van der Waals surface area contributed by atoms with E-state index in [1.165, 1.54) is 29.0 Å². The smallest absolute Gasteiger partial charge is 0.186 e. The van der Waals surface area contributed by atoms with E-state index in [0.29, 0.717) is 11.3 Å². The molecule has 100 valence electrons. The van der Waals surface area contributed by atoms with E-state index < -0.39 is 17.7 Å². The SMILES string of the molecule is Cc1cc(=O)c(C(C)N)cn1-c1ccc(F)cc1F. The van der Waals surface area contributed by atoms with Crippen molar-refractivity contribution >= 4 is 0 Å². The first-order valence-corrected chi connectivity index (χ1v) is 5.84. The number of nitrogens with zero attached hydrogens (tertiary/aromatic N) is 1. The standard InChI is InChI=1S/C14H14F2N2O/c1-8-5-14(19)11(9(2)17)7-18(8)13-4-3-10(15)6-12(13)16/h3-7,9H,17H2,1-2H3. The highest BCUT2D eigenvalue weighted by molar-refractivity contribution is 5.37. The van der Waals surface area contributed by atoms with Gasteiger partial charge >= 0.3 is 0 Å². The molecule has 2 rings (SSSR count). The lowest BCUT2D eigenvalue weighted by Gasteiger charge is -2.15. The first-order valence-electron chi connectivity index (χ1n) is 5.84. The monoisotopic (exact) mass is 264 g/mol. The van der Waals surface area contributed by atoms with E-state index in [1.54, 1.807) is 13.8 Å². The molecule has 2 aromatic rings. The summed E-state index contributed by atoms with van der Waals surface area (Å²) < 4.78 is 28.2. The fourth-order valence-corrected chi connectivity index (χ4v) is 1.93. The van der Waals surface area contributed by atoms with Crippen molar-refractivity contribution in [2.24, 2.45) is 5.73 Å². The number of halogens is 2. The van der Waals surface area contributed by atoms with Crippen LogP contribution < -0.4 is 11.2 Å². The summed E-state index contributed by atoms with van der Waals surface area (Å²) in [5.41, 5.74) is 6.64. The third-order valence-electron chi connectivity index (χ3n) is 2.93. The maximum Gasteiger partial charge on any atom is 0.186 e. The molecule has 0 radical (unpaired) electrons. The quantitative estimate of drug-likeness (QED) is 0.905. The van der Waals surface area contributed by atoms with Gasteiger partial charge in [0.2, 0.25) is 0 Å². The normalized spacial score (nSPS) is 12.5. The molecule has 0 saturated carbocycles. The Morgan fingerprint density at radius 3 is 2.53 bits per heavy atom. The summed E-state index contributed by atoms with van der Waals surface area (Å²) in [6.07, 6.45) is 1.50. The third kappa shape index (κ3) is 2.56. The molecule has 0 aliphatic carbocycles. The van der Waals surface area contributed by atoms with Crippen LogP contribution in [0.5, 0.6) is 0 Å². The zero-order valence-electron chi connectivity index (χ0n) is 10.7. The van der Waals surface area contributed by atoms with Crippen molar-refractivity contribution in [3.8, 4) is 5.69 Å². The van der Waals surface area contributed by atoms with Crippen molar-refractivity contribution in [3.63, 3.8) is 0 Å². The molecular formula is C14H14F2N2O. The second-order valence-electron chi connectivity index (χ2n) is 4.49. The highest BCUT2D eigenvalue weighted by atomic mass is 19.1. The van der Waals surface area contributed by atoms with Gasteiger partial charge in [-0.05, 0) is 26.0 Å². The van der Waals surface area contributed by atoms with E-state index in [0.717, 1.165) is 6.07 Å². The lowest BCUT2D eigenvalue weighted by Crippen LogP contribution is -2.20. The average Bonchev–Trinajstić information content (AvgIpc) is 2.30. The van der Waals surface area contributed by atoms with Gasteiger partial charge in [0.1, 0.15) is 11.6 Å². The Bertz CT molecular complexity index is 678. The number of benzene rings is 1. The Morgan fingerprint density at radius 1 is 1.26 bits per heavy atom. The molecule has 5 heteroatoms. The number of aromatic nitrogens is 1. The van der Waals surface area contributed by atoms with Gasteiger partial charge in [-0.1, -0.05) is 0 Å². The average molecular weight is 264 g/mol. The molecule has 0 saturated heterocycles. The van der Waals surface area contributed by atoms with E-state index in [4.69, 9.17) is 5.73 Å². The summed E-state index contributed by atoms with van der Waals surface area (Å²) in [4.78, 5) is 11.8. The van der Waals surface area contributed by atoms with E-state index in [2.05, 4.69) is 0 Å². The topological polar surface area (TPSA) is 48.0 Å². The van der Waals surface area contributed by atoms with Crippen LogP contribution in [-0.4, -0.2) is 4.57 Å². The van der Waals surface area contributed by atoms with Crippen LogP contribution in [0.3, 0.4) is 0 Å². The summed E-state index contributed by atoms with van der Waals surface area (Å²) in [5, 5.41) is 0. The fourth-order valence-electron chi connectivity index (χ4n) is 1.93. The number of hydrogen-bond acceptors (Lipinski definition) is 2. The van der Waals surface area contributed by atoms with Gasteiger partial charge in [-0.25, -0.2) is 8.78 Å². The third-order valence-corrected chi connectivity index (χ3v) is 2.93. The minimum Gasteiger partial charge on any atom is -0.324 e. The van der Waals surface area contributed by atoms with Crippen LogP contribution in [0, 0.1) is 18.6 Å². The first kappa shape index (κ1) is 13.4. The molecule has 0 amide bonds. The van der Waals surface area contributed by atoms with Crippen molar-refractivity contribution in [2.75, 3.05) is 0 Å². The van der Waals surface area contributed by atoms with Crippen molar-refractivity contribution in [2.45, 2.75) is 19.9 Å². The molecule has 1 aromatic carbocycles. The van der Waals surface area contributed by atoms with E-state index in [9.17, 15) is 13.6 Å². The number of pyridine rings is 1. The number of aryl methyl sites for hydroxylation is 1. The van der Waals surface area contributed by atoms with Crippen LogP contribution in [0.25, 0.3) is 5.69 Å². The number of rotatable bonds is 2. The van der Waals surface area contributed by atoms with Gasteiger partial charge in [-0.3, -0.25) is 4.79 Å². The number of nitrogens with two attached hydrogens (primary N) is 1. The van der Waals surface area contributed by atoms with Crippen LogP contribution in [0.1, 0.15) is 24.2 Å². The summed E-state index contributed by atoms with van der Waals surface area (Å²) in [6, 6.07) is 4.23. The molecule has 3 nitrogen and oxygen atoms in total. The summed E-state index contributed by atoms with van der Waals surface area (Å²) in [7, 11) is 0. The Balaban J connectivity index is 2.68. The van der Waals surface area contributed by atoms with Gasteiger partial charge in [0.05, 0.1) is 5.69 Å². The summed E-state index contributed by atoms with van der Waals surface area (Å²) >= 11 is 0. The van der Waals surface area contributed by atoms with Crippen molar-refractivity contribution < 1.29 is 8.78 Å². The molecule has 0 aliphatic heterocycles. The lowest BCUT2D eigenvalue weighted by atomic mass is 10.1. The predicted octanol–water partition coefficient (Wildman–Crippen LogP) is 2.44. The lowest BCUT2D eigenvalue weighted by molar-refractivity contribution is 0.576. The minimum atomic E-state index is -0.692. The van der Waals surface area contributed by atoms with Gasteiger partial charge in [-0.15, -0.1) is 0 Å². The van der Waals surface area contributed by atoms with Gasteiger partial charge in [0.25, 0.3) is 0 Å². The van der Waals surface area contributed by atoms with E-state index in [1.807, 2.05) is 0 Å². The van der Waals surface area contributed by atoms with Crippen molar-refractivity contribution in [1.29, 1.82) is 0 Å². The Kier molecular flexibility index (Phi) is 3.48. The fraction of sp³-hybridized carbons (Fsp3) is 0.214. The molecule has 0 fully saturated rings. The second kappa shape index (κ2) is 4.93. The summed E-state index contributed by atoms with van der Waals surface area (Å²) in [5.74, 6) is -1.34. The zero-order valence-corrected chi connectivity index (χ0v) is 10.7. The molecule has 19 heavy (non-hydrogen) atoms. The van der Waals surface area contributed by atoms with Crippen LogP contribution in [-0.2, 0) is 0 Å². The molecule has 0 bridgehead atoms.